The highest BCUT2D eigenvalue weighted by atomic mass is 32.1. The molecule has 2 aromatic heterocycles. The lowest BCUT2D eigenvalue weighted by molar-refractivity contribution is 0.359. The lowest BCUT2D eigenvalue weighted by Gasteiger charge is -2.25. The molecule has 0 aliphatic rings. The van der Waals surface area contributed by atoms with E-state index in [0.29, 0.717) is 30.4 Å². The number of ether oxygens (including phenoxy) is 1. The molecule has 0 radical (unpaired) electrons. The first kappa shape index (κ1) is 21.8. The third kappa shape index (κ3) is 4.73. The second kappa shape index (κ2) is 9.36. The van der Waals surface area contributed by atoms with Gasteiger partial charge in [-0.05, 0) is 50.1 Å². The molecule has 0 aliphatic carbocycles. The van der Waals surface area contributed by atoms with E-state index in [-0.39, 0.29) is 5.56 Å². The van der Waals surface area contributed by atoms with Gasteiger partial charge in [-0.15, -0.1) is 0 Å². The van der Waals surface area contributed by atoms with Crippen molar-refractivity contribution >= 4 is 22.0 Å². The zero-order chi connectivity index (χ0) is 22.7. The quantitative estimate of drug-likeness (QED) is 0.362. The van der Waals surface area contributed by atoms with Gasteiger partial charge in [-0.2, -0.15) is 9.61 Å². The van der Waals surface area contributed by atoms with Gasteiger partial charge in [0.1, 0.15) is 17.4 Å². The highest BCUT2D eigenvalue weighted by molar-refractivity contribution is 7.16. The molecule has 164 valence electrons. The fourth-order valence-electron chi connectivity index (χ4n) is 3.48. The molecule has 4 rings (SSSR count). The molecule has 0 aliphatic heterocycles. The first-order chi connectivity index (χ1) is 15.4. The molecule has 6 nitrogen and oxygen atoms in total. The maximum Gasteiger partial charge on any atom is 0.275 e. The highest BCUT2D eigenvalue weighted by Gasteiger charge is 2.16. The fraction of sp³-hybridized carbons (Fsp3) is 0.240. The molecule has 2 aromatic carbocycles. The second-order valence-electron chi connectivity index (χ2n) is 7.76. The molecular weight excluding hydrogens is 420 g/mol. The zero-order valence-electron chi connectivity index (χ0n) is 18.5. The standard InChI is InChI=1S/C25H26N4O2S/c1-5-12-31-22-9-7-6-8-20(22)15-28(21-11-10-17(2)18(3)13-21)16-23-27-29-24(30)14-19(4)26-25(29)32-23/h5-11,13-14H,1,12,15-16H2,2-4H3. The van der Waals surface area contributed by atoms with Crippen LogP contribution in [0.2, 0.25) is 0 Å². The molecule has 0 spiro atoms. The maximum absolute atomic E-state index is 12.3. The Morgan fingerprint density at radius 2 is 1.91 bits per heavy atom. The summed E-state index contributed by atoms with van der Waals surface area (Å²) in [5.41, 5.74) is 5.17. The van der Waals surface area contributed by atoms with Crippen molar-refractivity contribution in [2.75, 3.05) is 11.5 Å². The highest BCUT2D eigenvalue weighted by Crippen LogP contribution is 2.27. The SMILES string of the molecule is C=CCOc1ccccc1CN(Cc1nn2c(=O)cc(C)nc2s1)c1ccc(C)c(C)c1. The number of anilines is 1. The Morgan fingerprint density at radius 1 is 1.09 bits per heavy atom. The van der Waals surface area contributed by atoms with Crippen molar-refractivity contribution in [2.24, 2.45) is 0 Å². The van der Waals surface area contributed by atoms with Crippen LogP contribution in [-0.4, -0.2) is 21.2 Å². The number of hydrogen-bond donors (Lipinski definition) is 0. The normalized spacial score (nSPS) is 11.0. The largest absolute Gasteiger partial charge is 0.489 e. The first-order valence-corrected chi connectivity index (χ1v) is 11.3. The molecule has 0 unspecified atom stereocenters. The second-order valence-corrected chi connectivity index (χ2v) is 8.80. The summed E-state index contributed by atoms with van der Waals surface area (Å²) in [4.78, 5) is 19.6. The van der Waals surface area contributed by atoms with E-state index in [1.807, 2.05) is 25.1 Å². The third-order valence-corrected chi connectivity index (χ3v) is 6.18. The van der Waals surface area contributed by atoms with E-state index in [1.165, 1.54) is 33.0 Å². The van der Waals surface area contributed by atoms with Crippen molar-refractivity contribution in [1.82, 2.24) is 14.6 Å². The van der Waals surface area contributed by atoms with E-state index in [1.54, 1.807) is 6.08 Å². The molecule has 2 heterocycles. The van der Waals surface area contributed by atoms with Gasteiger partial charge in [0.25, 0.3) is 5.56 Å². The van der Waals surface area contributed by atoms with Crippen molar-refractivity contribution in [3.63, 3.8) is 0 Å². The van der Waals surface area contributed by atoms with Crippen LogP contribution in [0.3, 0.4) is 0 Å². The van der Waals surface area contributed by atoms with Gasteiger partial charge in [0.15, 0.2) is 0 Å². The summed E-state index contributed by atoms with van der Waals surface area (Å²) in [7, 11) is 0. The Balaban J connectivity index is 1.72. The molecule has 0 amide bonds. The van der Waals surface area contributed by atoms with Crippen LogP contribution in [0.1, 0.15) is 27.4 Å². The average Bonchev–Trinajstić information content (AvgIpc) is 3.17. The monoisotopic (exact) mass is 446 g/mol. The van der Waals surface area contributed by atoms with Gasteiger partial charge >= 0.3 is 0 Å². The third-order valence-electron chi connectivity index (χ3n) is 5.29. The molecule has 0 fully saturated rings. The molecule has 32 heavy (non-hydrogen) atoms. The molecule has 0 atom stereocenters. The molecule has 0 N–H and O–H groups in total. The number of rotatable bonds is 8. The predicted octanol–water partition coefficient (Wildman–Crippen LogP) is 4.85. The van der Waals surface area contributed by atoms with Crippen LogP contribution >= 0.6 is 11.3 Å². The van der Waals surface area contributed by atoms with Gasteiger partial charge in [0.2, 0.25) is 4.96 Å². The molecule has 0 saturated carbocycles. The Kier molecular flexibility index (Phi) is 6.37. The van der Waals surface area contributed by atoms with Crippen LogP contribution in [0.15, 0.2) is 66.0 Å². The summed E-state index contributed by atoms with van der Waals surface area (Å²) in [5.74, 6) is 0.832. The molecule has 7 heteroatoms. The average molecular weight is 447 g/mol. The van der Waals surface area contributed by atoms with Crippen molar-refractivity contribution in [1.29, 1.82) is 0 Å². The van der Waals surface area contributed by atoms with E-state index in [4.69, 9.17) is 4.74 Å². The zero-order valence-corrected chi connectivity index (χ0v) is 19.4. The van der Waals surface area contributed by atoms with Crippen LogP contribution in [-0.2, 0) is 13.1 Å². The van der Waals surface area contributed by atoms with Gasteiger partial charge < -0.3 is 9.64 Å². The first-order valence-electron chi connectivity index (χ1n) is 10.4. The summed E-state index contributed by atoms with van der Waals surface area (Å²) >= 11 is 1.44. The Bertz CT molecular complexity index is 1330. The van der Waals surface area contributed by atoms with Crippen LogP contribution in [0, 0.1) is 20.8 Å². The van der Waals surface area contributed by atoms with Gasteiger partial charge in [-0.25, -0.2) is 4.98 Å². The van der Waals surface area contributed by atoms with Crippen LogP contribution in [0.25, 0.3) is 4.96 Å². The number of hydrogen-bond acceptors (Lipinski definition) is 6. The summed E-state index contributed by atoms with van der Waals surface area (Å²) in [6.45, 7) is 11.4. The fourth-order valence-corrected chi connectivity index (χ4v) is 4.44. The summed E-state index contributed by atoms with van der Waals surface area (Å²) in [5, 5.41) is 5.37. The number of nitrogens with zero attached hydrogens (tertiary/aromatic N) is 4. The summed E-state index contributed by atoms with van der Waals surface area (Å²) in [6, 6.07) is 16.0. The van der Waals surface area contributed by atoms with Crippen molar-refractivity contribution in [3.8, 4) is 5.75 Å². The molecule has 4 aromatic rings. The molecule has 0 saturated heterocycles. The van der Waals surface area contributed by atoms with Gasteiger partial charge in [0, 0.05) is 29.6 Å². The van der Waals surface area contributed by atoms with Crippen LogP contribution in [0.5, 0.6) is 5.75 Å². The molecule has 0 bridgehead atoms. The minimum atomic E-state index is -0.157. The van der Waals surface area contributed by atoms with Gasteiger partial charge in [0.05, 0.1) is 6.54 Å². The van der Waals surface area contributed by atoms with Gasteiger partial charge in [-0.3, -0.25) is 4.79 Å². The molecular formula is C25H26N4O2S. The summed E-state index contributed by atoms with van der Waals surface area (Å²) in [6.07, 6.45) is 1.74. The Morgan fingerprint density at radius 3 is 2.69 bits per heavy atom. The van der Waals surface area contributed by atoms with Crippen molar-refractivity contribution in [2.45, 2.75) is 33.9 Å². The number of benzene rings is 2. The lowest BCUT2D eigenvalue weighted by atomic mass is 10.1. The number of para-hydroxylation sites is 1. The Labute approximate surface area is 191 Å². The topological polar surface area (TPSA) is 59.7 Å². The van der Waals surface area contributed by atoms with Crippen molar-refractivity contribution < 1.29 is 4.74 Å². The van der Waals surface area contributed by atoms with E-state index < -0.39 is 0 Å². The van der Waals surface area contributed by atoms with Crippen molar-refractivity contribution in [3.05, 3.63) is 98.9 Å². The summed E-state index contributed by atoms with van der Waals surface area (Å²) < 4.78 is 7.26. The van der Waals surface area contributed by atoms with Crippen LogP contribution in [0.4, 0.5) is 5.69 Å². The lowest BCUT2D eigenvalue weighted by Crippen LogP contribution is -2.23. The van der Waals surface area contributed by atoms with E-state index in [0.717, 1.165) is 22.0 Å². The van der Waals surface area contributed by atoms with E-state index in [9.17, 15) is 4.79 Å². The smallest absolute Gasteiger partial charge is 0.275 e. The number of aromatic nitrogens is 3. The van der Waals surface area contributed by atoms with Gasteiger partial charge in [-0.1, -0.05) is 48.3 Å². The van der Waals surface area contributed by atoms with E-state index in [2.05, 4.69) is 59.7 Å². The number of aryl methyl sites for hydroxylation is 3. The minimum Gasteiger partial charge on any atom is -0.489 e. The van der Waals surface area contributed by atoms with Crippen LogP contribution < -0.4 is 15.2 Å². The predicted molar refractivity (Wildman–Crippen MR) is 130 cm³/mol. The minimum absolute atomic E-state index is 0.157. The maximum atomic E-state index is 12.3. The number of fused-ring (bicyclic) bond motifs is 1. The Hall–Kier alpha value is -3.45. The van der Waals surface area contributed by atoms with E-state index >= 15 is 0 Å².